The second-order valence-corrected chi connectivity index (χ2v) is 4.97. The van der Waals surface area contributed by atoms with E-state index in [1.165, 1.54) is 0 Å². The van der Waals surface area contributed by atoms with Crippen LogP contribution in [0.25, 0.3) is 0 Å². The number of halogens is 2. The minimum absolute atomic E-state index is 0.0786. The van der Waals surface area contributed by atoms with Gasteiger partial charge in [-0.25, -0.2) is 0 Å². The highest BCUT2D eigenvalue weighted by molar-refractivity contribution is 6.42. The van der Waals surface area contributed by atoms with Crippen LogP contribution in [0.3, 0.4) is 0 Å². The highest BCUT2D eigenvalue weighted by atomic mass is 35.5. The van der Waals surface area contributed by atoms with Gasteiger partial charge in [0.25, 0.3) is 0 Å². The third-order valence-electron chi connectivity index (χ3n) is 2.57. The maximum absolute atomic E-state index is 11.7. The summed E-state index contributed by atoms with van der Waals surface area (Å²) >= 11 is 11.6. The molecule has 1 atom stereocenters. The number of rotatable bonds is 5. The van der Waals surface area contributed by atoms with Gasteiger partial charge in [0.15, 0.2) is 0 Å². The number of hydrogen-bond acceptors (Lipinski definition) is 3. The molecule has 5 nitrogen and oxygen atoms in total. The number of amidine groups is 1. The molecule has 19 heavy (non-hydrogen) atoms. The van der Waals surface area contributed by atoms with E-state index in [0.717, 1.165) is 5.56 Å². The van der Waals surface area contributed by atoms with Gasteiger partial charge in [0, 0.05) is 12.5 Å². The largest absolute Gasteiger partial charge is 0.409 e. The average molecular weight is 304 g/mol. The predicted octanol–water partition coefficient (Wildman–Crippen LogP) is 2.03. The molecule has 0 radical (unpaired) electrons. The Morgan fingerprint density at radius 2 is 2.16 bits per heavy atom. The van der Waals surface area contributed by atoms with Crippen molar-refractivity contribution >= 4 is 34.9 Å². The molecule has 4 N–H and O–H groups in total. The third kappa shape index (κ3) is 4.96. The molecule has 0 spiro atoms. The van der Waals surface area contributed by atoms with Crippen molar-refractivity contribution in [2.24, 2.45) is 16.8 Å². The lowest BCUT2D eigenvalue weighted by atomic mass is 10.1. The summed E-state index contributed by atoms with van der Waals surface area (Å²) in [6.45, 7) is 2.05. The smallest absolute Gasteiger partial charge is 0.224 e. The Morgan fingerprint density at radius 3 is 2.74 bits per heavy atom. The summed E-state index contributed by atoms with van der Waals surface area (Å²) in [4.78, 5) is 11.7. The summed E-state index contributed by atoms with van der Waals surface area (Å²) in [6.07, 6.45) is 0.194. The fourth-order valence-corrected chi connectivity index (χ4v) is 1.69. The zero-order valence-corrected chi connectivity index (χ0v) is 11.9. The van der Waals surface area contributed by atoms with Crippen molar-refractivity contribution in [3.63, 3.8) is 0 Å². The number of amides is 1. The lowest BCUT2D eigenvalue weighted by Crippen LogP contribution is -2.35. The van der Waals surface area contributed by atoms with Crippen LogP contribution in [0, 0.1) is 5.92 Å². The van der Waals surface area contributed by atoms with Gasteiger partial charge in [-0.2, -0.15) is 0 Å². The van der Waals surface area contributed by atoms with E-state index >= 15 is 0 Å². The van der Waals surface area contributed by atoms with Crippen LogP contribution in [0.4, 0.5) is 0 Å². The van der Waals surface area contributed by atoms with Crippen LogP contribution < -0.4 is 11.1 Å². The molecule has 1 rings (SSSR count). The first-order chi connectivity index (χ1) is 8.93. The van der Waals surface area contributed by atoms with Crippen molar-refractivity contribution in [1.82, 2.24) is 5.32 Å². The average Bonchev–Trinajstić information content (AvgIpc) is 2.39. The standard InChI is InChI=1S/C12H15Cl2N3O2/c1-7(12(15)17-19)6-16-11(18)5-8-2-3-9(13)10(14)4-8/h2-4,7,19H,5-6H2,1H3,(H2,15,17)(H,16,18). The molecular formula is C12H15Cl2N3O2. The van der Waals surface area contributed by atoms with Crippen molar-refractivity contribution in [2.45, 2.75) is 13.3 Å². The van der Waals surface area contributed by atoms with Crippen LogP contribution in [-0.4, -0.2) is 23.5 Å². The van der Waals surface area contributed by atoms with Crippen molar-refractivity contribution < 1.29 is 10.0 Å². The molecular weight excluding hydrogens is 289 g/mol. The van der Waals surface area contributed by atoms with Gasteiger partial charge in [0.05, 0.1) is 16.5 Å². The number of carbonyl (C=O) groups excluding carboxylic acids is 1. The Bertz CT molecular complexity index is 492. The van der Waals surface area contributed by atoms with Gasteiger partial charge in [-0.15, -0.1) is 0 Å². The van der Waals surface area contributed by atoms with E-state index in [4.69, 9.17) is 34.1 Å². The highest BCUT2D eigenvalue weighted by Crippen LogP contribution is 2.22. The third-order valence-corrected chi connectivity index (χ3v) is 3.31. The maximum atomic E-state index is 11.7. The minimum atomic E-state index is -0.234. The molecule has 0 bridgehead atoms. The zero-order valence-electron chi connectivity index (χ0n) is 10.4. The highest BCUT2D eigenvalue weighted by Gasteiger charge is 2.10. The number of nitrogens with zero attached hydrogens (tertiary/aromatic N) is 1. The van der Waals surface area contributed by atoms with Crippen molar-refractivity contribution in [3.8, 4) is 0 Å². The SMILES string of the molecule is CC(CNC(=O)Cc1ccc(Cl)c(Cl)c1)C(N)=NO. The molecule has 0 aliphatic carbocycles. The first-order valence-electron chi connectivity index (χ1n) is 5.62. The van der Waals surface area contributed by atoms with Gasteiger partial charge < -0.3 is 16.3 Å². The first-order valence-corrected chi connectivity index (χ1v) is 6.37. The molecule has 0 fully saturated rings. The summed E-state index contributed by atoms with van der Waals surface area (Å²) < 4.78 is 0. The summed E-state index contributed by atoms with van der Waals surface area (Å²) in [5.41, 5.74) is 6.18. The predicted molar refractivity (Wildman–Crippen MR) is 75.7 cm³/mol. The normalized spacial score (nSPS) is 13.1. The van der Waals surface area contributed by atoms with E-state index < -0.39 is 0 Å². The Hall–Kier alpha value is -1.46. The van der Waals surface area contributed by atoms with Gasteiger partial charge in [0.2, 0.25) is 5.91 Å². The van der Waals surface area contributed by atoms with Crippen LogP contribution >= 0.6 is 23.2 Å². The Morgan fingerprint density at radius 1 is 1.47 bits per heavy atom. The maximum Gasteiger partial charge on any atom is 0.224 e. The van der Waals surface area contributed by atoms with Crippen molar-refractivity contribution in [2.75, 3.05) is 6.54 Å². The van der Waals surface area contributed by atoms with Gasteiger partial charge in [-0.05, 0) is 17.7 Å². The fraction of sp³-hybridized carbons (Fsp3) is 0.333. The molecule has 104 valence electrons. The van der Waals surface area contributed by atoms with Crippen LogP contribution in [0.2, 0.25) is 10.0 Å². The molecule has 1 aromatic rings. The Labute approximate surface area is 121 Å². The number of nitrogens with one attached hydrogen (secondary N) is 1. The molecule has 1 aromatic carbocycles. The first kappa shape index (κ1) is 15.6. The van der Waals surface area contributed by atoms with E-state index in [1.54, 1.807) is 25.1 Å². The van der Waals surface area contributed by atoms with Crippen LogP contribution in [0.15, 0.2) is 23.4 Å². The van der Waals surface area contributed by atoms with Crippen molar-refractivity contribution in [1.29, 1.82) is 0 Å². The molecule has 0 heterocycles. The Kier molecular flexibility index (Phi) is 5.92. The molecule has 1 amide bonds. The fourth-order valence-electron chi connectivity index (χ4n) is 1.37. The summed E-state index contributed by atoms with van der Waals surface area (Å²) in [5.74, 6) is -0.325. The van der Waals surface area contributed by atoms with Gasteiger partial charge in [0.1, 0.15) is 5.84 Å². The molecule has 0 saturated carbocycles. The number of oxime groups is 1. The van der Waals surface area contributed by atoms with E-state index in [2.05, 4.69) is 10.5 Å². The second-order valence-electron chi connectivity index (χ2n) is 4.16. The molecule has 0 saturated heterocycles. The van der Waals surface area contributed by atoms with Gasteiger partial charge in [-0.3, -0.25) is 4.79 Å². The lowest BCUT2D eigenvalue weighted by molar-refractivity contribution is -0.120. The summed E-state index contributed by atoms with van der Waals surface area (Å²) in [5, 5.41) is 14.9. The van der Waals surface area contributed by atoms with E-state index in [9.17, 15) is 4.79 Å². The van der Waals surface area contributed by atoms with Crippen molar-refractivity contribution in [3.05, 3.63) is 33.8 Å². The molecule has 7 heteroatoms. The molecule has 0 aliphatic heterocycles. The van der Waals surface area contributed by atoms with Gasteiger partial charge >= 0.3 is 0 Å². The number of nitrogens with two attached hydrogens (primary N) is 1. The minimum Gasteiger partial charge on any atom is -0.409 e. The monoisotopic (exact) mass is 303 g/mol. The summed E-state index contributed by atoms with van der Waals surface area (Å²) in [6, 6.07) is 5.03. The number of carbonyl (C=O) groups is 1. The second kappa shape index (κ2) is 7.21. The van der Waals surface area contributed by atoms with Crippen LogP contribution in [-0.2, 0) is 11.2 Å². The number of hydrogen-bond donors (Lipinski definition) is 3. The Balaban J connectivity index is 2.49. The van der Waals surface area contributed by atoms with E-state index in [0.29, 0.717) is 16.6 Å². The van der Waals surface area contributed by atoms with E-state index in [1.807, 2.05) is 0 Å². The van der Waals surface area contributed by atoms with E-state index in [-0.39, 0.29) is 24.1 Å². The topological polar surface area (TPSA) is 87.7 Å². The van der Waals surface area contributed by atoms with Crippen LogP contribution in [0.5, 0.6) is 0 Å². The zero-order chi connectivity index (χ0) is 14.4. The summed E-state index contributed by atoms with van der Waals surface area (Å²) in [7, 11) is 0. The molecule has 1 unspecified atom stereocenters. The molecule has 0 aromatic heterocycles. The molecule has 0 aliphatic rings. The lowest BCUT2D eigenvalue weighted by Gasteiger charge is -2.11. The van der Waals surface area contributed by atoms with Crippen LogP contribution in [0.1, 0.15) is 12.5 Å². The number of benzene rings is 1. The quantitative estimate of drug-likeness (QED) is 0.337. The van der Waals surface area contributed by atoms with Gasteiger partial charge in [-0.1, -0.05) is 41.3 Å².